The second kappa shape index (κ2) is 5.65. The summed E-state index contributed by atoms with van der Waals surface area (Å²) in [5.41, 5.74) is 2.85. The van der Waals surface area contributed by atoms with E-state index < -0.39 is 5.97 Å². The van der Waals surface area contributed by atoms with Gasteiger partial charge in [-0.05, 0) is 42.3 Å². The largest absolute Gasteiger partial charge is 0.497 e. The van der Waals surface area contributed by atoms with Gasteiger partial charge in [0, 0.05) is 5.56 Å². The highest BCUT2D eigenvalue weighted by Gasteiger charge is 2.14. The number of benzene rings is 2. The van der Waals surface area contributed by atoms with E-state index in [0.29, 0.717) is 5.75 Å². The van der Waals surface area contributed by atoms with Gasteiger partial charge in [0.05, 0.1) is 19.8 Å². The number of ether oxygens (including phenoxy) is 2. The highest BCUT2D eigenvalue weighted by atomic mass is 16.5. The van der Waals surface area contributed by atoms with Crippen LogP contribution < -0.4 is 9.47 Å². The molecule has 1 N–H and O–H groups in total. The molecule has 2 aromatic rings. The Balaban J connectivity index is 2.63. The molecule has 4 nitrogen and oxygen atoms in total. The van der Waals surface area contributed by atoms with Crippen molar-refractivity contribution in [3.05, 3.63) is 47.5 Å². The number of carboxylic acid groups (broad SMARTS) is 1. The van der Waals surface area contributed by atoms with E-state index in [1.54, 1.807) is 13.2 Å². The van der Waals surface area contributed by atoms with Gasteiger partial charge in [-0.25, -0.2) is 4.79 Å². The monoisotopic (exact) mass is 272 g/mol. The smallest absolute Gasteiger partial charge is 0.335 e. The molecule has 0 heterocycles. The summed E-state index contributed by atoms with van der Waals surface area (Å²) in [6.07, 6.45) is 0. The van der Waals surface area contributed by atoms with E-state index in [2.05, 4.69) is 0 Å². The first-order valence-corrected chi connectivity index (χ1v) is 6.13. The summed E-state index contributed by atoms with van der Waals surface area (Å²) >= 11 is 0. The first-order chi connectivity index (χ1) is 9.56. The first kappa shape index (κ1) is 13.9. The molecular weight excluding hydrogens is 256 g/mol. The number of aryl methyl sites for hydroxylation is 1. The zero-order chi connectivity index (χ0) is 14.7. The number of hydrogen-bond acceptors (Lipinski definition) is 3. The van der Waals surface area contributed by atoms with Gasteiger partial charge in [0.2, 0.25) is 0 Å². The van der Waals surface area contributed by atoms with Crippen molar-refractivity contribution in [1.29, 1.82) is 0 Å². The maximum Gasteiger partial charge on any atom is 0.335 e. The Labute approximate surface area is 117 Å². The van der Waals surface area contributed by atoms with Crippen LogP contribution in [-0.2, 0) is 0 Å². The summed E-state index contributed by atoms with van der Waals surface area (Å²) in [4.78, 5) is 11.1. The number of methoxy groups -OCH3 is 2. The molecule has 4 heteroatoms. The lowest BCUT2D eigenvalue weighted by Crippen LogP contribution is -2.00. The lowest BCUT2D eigenvalue weighted by Gasteiger charge is -2.14. The predicted molar refractivity (Wildman–Crippen MR) is 76.7 cm³/mol. The molecule has 0 amide bonds. The van der Waals surface area contributed by atoms with Crippen molar-refractivity contribution >= 4 is 5.97 Å². The first-order valence-electron chi connectivity index (χ1n) is 6.13. The molecule has 0 spiro atoms. The molecule has 0 aliphatic rings. The standard InChI is InChI=1S/C16H16O4/c1-10-7-12(16(17)18)9-14(20-3)15(10)11-5-4-6-13(8-11)19-2/h4-9H,1-3H3,(H,17,18). The average molecular weight is 272 g/mol. The zero-order valence-electron chi connectivity index (χ0n) is 11.6. The molecule has 0 saturated heterocycles. The average Bonchev–Trinajstić information content (AvgIpc) is 2.46. The highest BCUT2D eigenvalue weighted by Crippen LogP contribution is 2.35. The van der Waals surface area contributed by atoms with Gasteiger partial charge in [0.25, 0.3) is 0 Å². The molecule has 0 aliphatic heterocycles. The fraction of sp³-hybridized carbons (Fsp3) is 0.188. The van der Waals surface area contributed by atoms with Crippen LogP contribution in [0.3, 0.4) is 0 Å². The van der Waals surface area contributed by atoms with Crippen molar-refractivity contribution in [3.63, 3.8) is 0 Å². The third-order valence-corrected chi connectivity index (χ3v) is 3.12. The molecule has 0 unspecified atom stereocenters. The van der Waals surface area contributed by atoms with Crippen LogP contribution in [0.15, 0.2) is 36.4 Å². The summed E-state index contributed by atoms with van der Waals surface area (Å²) in [7, 11) is 3.14. The summed E-state index contributed by atoms with van der Waals surface area (Å²) in [5.74, 6) is 0.311. The highest BCUT2D eigenvalue weighted by molar-refractivity contribution is 5.90. The maximum atomic E-state index is 11.1. The van der Waals surface area contributed by atoms with Crippen LogP contribution in [0.4, 0.5) is 0 Å². The molecule has 0 atom stereocenters. The van der Waals surface area contributed by atoms with Gasteiger partial charge >= 0.3 is 5.97 Å². The minimum absolute atomic E-state index is 0.214. The van der Waals surface area contributed by atoms with Crippen LogP contribution in [0, 0.1) is 6.92 Å². The van der Waals surface area contributed by atoms with E-state index >= 15 is 0 Å². The van der Waals surface area contributed by atoms with Crippen molar-refractivity contribution in [1.82, 2.24) is 0 Å². The van der Waals surface area contributed by atoms with Crippen LogP contribution in [0.5, 0.6) is 11.5 Å². The van der Waals surface area contributed by atoms with E-state index in [1.165, 1.54) is 13.2 Å². The molecule has 0 aliphatic carbocycles. The van der Waals surface area contributed by atoms with Crippen LogP contribution in [0.25, 0.3) is 11.1 Å². The Kier molecular flexibility index (Phi) is 3.94. The number of carbonyl (C=O) groups is 1. The van der Waals surface area contributed by atoms with Gasteiger partial charge in [0.1, 0.15) is 11.5 Å². The Morgan fingerprint density at radius 1 is 1.10 bits per heavy atom. The number of aromatic carboxylic acids is 1. The van der Waals surface area contributed by atoms with Crippen molar-refractivity contribution < 1.29 is 19.4 Å². The number of carboxylic acids is 1. The van der Waals surface area contributed by atoms with Gasteiger partial charge in [-0.3, -0.25) is 0 Å². The molecule has 104 valence electrons. The second-order valence-electron chi connectivity index (χ2n) is 4.41. The Morgan fingerprint density at radius 3 is 2.45 bits per heavy atom. The van der Waals surface area contributed by atoms with Crippen molar-refractivity contribution in [2.45, 2.75) is 6.92 Å². The summed E-state index contributed by atoms with van der Waals surface area (Å²) in [6, 6.07) is 10.7. The van der Waals surface area contributed by atoms with Crippen molar-refractivity contribution in [2.75, 3.05) is 14.2 Å². The van der Waals surface area contributed by atoms with Gasteiger partial charge in [0.15, 0.2) is 0 Å². The lowest BCUT2D eigenvalue weighted by atomic mass is 9.97. The van der Waals surface area contributed by atoms with Gasteiger partial charge in [-0.2, -0.15) is 0 Å². The number of hydrogen-bond donors (Lipinski definition) is 1. The third kappa shape index (κ3) is 2.59. The van der Waals surface area contributed by atoms with Gasteiger partial charge < -0.3 is 14.6 Å². The quantitative estimate of drug-likeness (QED) is 0.927. The van der Waals surface area contributed by atoms with E-state index in [9.17, 15) is 4.79 Å². The molecular formula is C16H16O4. The van der Waals surface area contributed by atoms with Gasteiger partial charge in [-0.1, -0.05) is 12.1 Å². The SMILES string of the molecule is COc1cccc(-c2c(C)cc(C(=O)O)cc2OC)c1. The van der Waals surface area contributed by atoms with Gasteiger partial charge in [-0.15, -0.1) is 0 Å². The third-order valence-electron chi connectivity index (χ3n) is 3.12. The molecule has 20 heavy (non-hydrogen) atoms. The molecule has 0 radical (unpaired) electrons. The van der Waals surface area contributed by atoms with Crippen LogP contribution in [0.1, 0.15) is 15.9 Å². The molecule has 0 bridgehead atoms. The van der Waals surface area contributed by atoms with E-state index in [4.69, 9.17) is 14.6 Å². The second-order valence-corrected chi connectivity index (χ2v) is 4.41. The lowest BCUT2D eigenvalue weighted by molar-refractivity contribution is 0.0696. The van der Waals surface area contributed by atoms with Crippen molar-refractivity contribution in [2.24, 2.45) is 0 Å². The fourth-order valence-corrected chi connectivity index (χ4v) is 2.19. The maximum absolute atomic E-state index is 11.1. The molecule has 0 aromatic heterocycles. The summed E-state index contributed by atoms with van der Waals surface area (Å²) < 4.78 is 10.6. The Bertz CT molecular complexity index is 647. The zero-order valence-corrected chi connectivity index (χ0v) is 11.6. The summed E-state index contributed by atoms with van der Waals surface area (Å²) in [5, 5.41) is 9.10. The van der Waals surface area contributed by atoms with E-state index in [1.807, 2.05) is 31.2 Å². The van der Waals surface area contributed by atoms with E-state index in [-0.39, 0.29) is 5.56 Å². The molecule has 2 rings (SSSR count). The molecule has 0 fully saturated rings. The Hall–Kier alpha value is -2.49. The number of rotatable bonds is 4. The van der Waals surface area contributed by atoms with Crippen molar-refractivity contribution in [3.8, 4) is 22.6 Å². The fourth-order valence-electron chi connectivity index (χ4n) is 2.19. The summed E-state index contributed by atoms with van der Waals surface area (Å²) in [6.45, 7) is 1.86. The van der Waals surface area contributed by atoms with E-state index in [0.717, 1.165) is 22.4 Å². The topological polar surface area (TPSA) is 55.8 Å². The van der Waals surface area contributed by atoms with Crippen LogP contribution in [-0.4, -0.2) is 25.3 Å². The predicted octanol–water partition coefficient (Wildman–Crippen LogP) is 3.38. The van der Waals surface area contributed by atoms with Crippen LogP contribution in [0.2, 0.25) is 0 Å². The Morgan fingerprint density at radius 2 is 1.85 bits per heavy atom. The molecule has 2 aromatic carbocycles. The minimum Gasteiger partial charge on any atom is -0.497 e. The van der Waals surface area contributed by atoms with Crippen LogP contribution >= 0.6 is 0 Å². The normalized spacial score (nSPS) is 10.2. The minimum atomic E-state index is -0.969. The molecule has 0 saturated carbocycles.